The fraction of sp³-hybridized carbons (Fsp3) is 0.188. The van der Waals surface area contributed by atoms with Crippen LogP contribution in [0.1, 0.15) is 18.1 Å². The summed E-state index contributed by atoms with van der Waals surface area (Å²) in [5.74, 6) is 0. The van der Waals surface area contributed by atoms with Gasteiger partial charge in [0.1, 0.15) is 6.07 Å². The molecule has 0 atom stereocenters. The molecule has 2 N–H and O–H groups in total. The number of benzene rings is 2. The van der Waals surface area contributed by atoms with Crippen LogP contribution in [0.5, 0.6) is 0 Å². The lowest BCUT2D eigenvalue weighted by atomic mass is 10.1. The second-order valence-corrected chi connectivity index (χ2v) is 4.47. The lowest BCUT2D eigenvalue weighted by Gasteiger charge is -2.24. The van der Waals surface area contributed by atoms with Crippen LogP contribution in [0.15, 0.2) is 42.5 Å². The van der Waals surface area contributed by atoms with Gasteiger partial charge in [0.25, 0.3) is 0 Å². The highest BCUT2D eigenvalue weighted by Crippen LogP contribution is 2.28. The summed E-state index contributed by atoms with van der Waals surface area (Å²) in [5, 5.41) is 8.91. The average Bonchev–Trinajstić information content (AvgIpc) is 2.40. The summed E-state index contributed by atoms with van der Waals surface area (Å²) in [6, 6.07) is 16.0. The van der Waals surface area contributed by atoms with E-state index in [1.807, 2.05) is 18.2 Å². The molecular formula is C16H17N3. The van der Waals surface area contributed by atoms with E-state index in [4.69, 9.17) is 11.0 Å². The molecule has 0 saturated carbocycles. The van der Waals surface area contributed by atoms with Gasteiger partial charge >= 0.3 is 0 Å². The molecule has 0 aliphatic rings. The molecule has 19 heavy (non-hydrogen) atoms. The standard InChI is InChI=1S/C16H17N3/c1-3-19(14-6-4-5-12(2)9-14)15-8-7-13(11-17)16(18)10-15/h4-10H,3,18H2,1-2H3. The van der Waals surface area contributed by atoms with Gasteiger partial charge < -0.3 is 10.6 Å². The first-order valence-electron chi connectivity index (χ1n) is 6.29. The first-order chi connectivity index (χ1) is 9.15. The van der Waals surface area contributed by atoms with Gasteiger partial charge in [-0.3, -0.25) is 0 Å². The summed E-state index contributed by atoms with van der Waals surface area (Å²) in [7, 11) is 0. The Labute approximate surface area is 113 Å². The molecule has 0 amide bonds. The van der Waals surface area contributed by atoms with Crippen molar-refractivity contribution in [3.05, 3.63) is 53.6 Å². The van der Waals surface area contributed by atoms with Crippen LogP contribution in [0.25, 0.3) is 0 Å². The Hall–Kier alpha value is -2.47. The van der Waals surface area contributed by atoms with Gasteiger partial charge in [-0.05, 0) is 49.7 Å². The normalized spacial score (nSPS) is 9.95. The smallest absolute Gasteiger partial charge is 0.101 e. The zero-order chi connectivity index (χ0) is 13.8. The fourth-order valence-corrected chi connectivity index (χ4v) is 2.13. The van der Waals surface area contributed by atoms with Crippen molar-refractivity contribution in [3.63, 3.8) is 0 Å². The molecule has 3 nitrogen and oxygen atoms in total. The van der Waals surface area contributed by atoms with Crippen LogP contribution in [-0.2, 0) is 0 Å². The Balaban J connectivity index is 2.43. The molecule has 0 aliphatic heterocycles. The maximum atomic E-state index is 8.91. The Morgan fingerprint density at radius 1 is 1.16 bits per heavy atom. The maximum Gasteiger partial charge on any atom is 0.101 e. The summed E-state index contributed by atoms with van der Waals surface area (Å²) >= 11 is 0. The van der Waals surface area contributed by atoms with Crippen molar-refractivity contribution in [2.45, 2.75) is 13.8 Å². The van der Waals surface area contributed by atoms with Crippen LogP contribution in [0.3, 0.4) is 0 Å². The first-order valence-corrected chi connectivity index (χ1v) is 6.29. The van der Waals surface area contributed by atoms with Gasteiger partial charge in [-0.15, -0.1) is 0 Å². The molecule has 0 radical (unpaired) electrons. The zero-order valence-corrected chi connectivity index (χ0v) is 11.2. The van der Waals surface area contributed by atoms with Gasteiger partial charge in [-0.1, -0.05) is 12.1 Å². The van der Waals surface area contributed by atoms with Crippen molar-refractivity contribution < 1.29 is 0 Å². The topological polar surface area (TPSA) is 53.0 Å². The number of aryl methyl sites for hydroxylation is 1. The van der Waals surface area contributed by atoms with Crippen LogP contribution in [0.4, 0.5) is 17.1 Å². The van der Waals surface area contributed by atoms with Crippen LogP contribution in [0.2, 0.25) is 0 Å². The molecule has 0 fully saturated rings. The summed E-state index contributed by atoms with van der Waals surface area (Å²) in [4.78, 5) is 2.17. The predicted octanol–water partition coefficient (Wildman–Crippen LogP) is 3.61. The van der Waals surface area contributed by atoms with Gasteiger partial charge in [0.05, 0.1) is 11.3 Å². The molecule has 0 spiro atoms. The molecule has 0 unspecified atom stereocenters. The Morgan fingerprint density at radius 3 is 2.47 bits per heavy atom. The Morgan fingerprint density at radius 2 is 1.89 bits per heavy atom. The van der Waals surface area contributed by atoms with E-state index in [1.54, 1.807) is 6.07 Å². The van der Waals surface area contributed by atoms with Gasteiger partial charge in [0.2, 0.25) is 0 Å². The number of nitriles is 1. The third kappa shape index (κ3) is 2.69. The molecule has 0 aliphatic carbocycles. The molecule has 2 aromatic carbocycles. The van der Waals surface area contributed by atoms with Crippen molar-refractivity contribution in [2.75, 3.05) is 17.2 Å². The van der Waals surface area contributed by atoms with E-state index in [0.717, 1.165) is 17.9 Å². The van der Waals surface area contributed by atoms with E-state index in [2.05, 4.69) is 43.0 Å². The fourth-order valence-electron chi connectivity index (χ4n) is 2.13. The molecule has 0 heterocycles. The van der Waals surface area contributed by atoms with Crippen molar-refractivity contribution in [3.8, 4) is 6.07 Å². The number of nitrogens with zero attached hydrogens (tertiary/aromatic N) is 2. The van der Waals surface area contributed by atoms with Gasteiger partial charge in [0.15, 0.2) is 0 Å². The SMILES string of the molecule is CCN(c1cccc(C)c1)c1ccc(C#N)c(N)c1. The molecule has 0 bridgehead atoms. The van der Waals surface area contributed by atoms with E-state index in [-0.39, 0.29) is 0 Å². The molecule has 0 saturated heterocycles. The average molecular weight is 251 g/mol. The Kier molecular flexibility index (Phi) is 3.72. The molecule has 2 rings (SSSR count). The summed E-state index contributed by atoms with van der Waals surface area (Å²) in [6.45, 7) is 5.01. The minimum absolute atomic E-state index is 0.518. The highest BCUT2D eigenvalue weighted by Gasteiger charge is 2.09. The van der Waals surface area contributed by atoms with Gasteiger partial charge in [-0.25, -0.2) is 0 Å². The van der Waals surface area contributed by atoms with Crippen molar-refractivity contribution in [1.29, 1.82) is 5.26 Å². The van der Waals surface area contributed by atoms with E-state index < -0.39 is 0 Å². The predicted molar refractivity (Wildman–Crippen MR) is 79.4 cm³/mol. The minimum atomic E-state index is 0.518. The largest absolute Gasteiger partial charge is 0.398 e. The Bertz CT molecular complexity index is 626. The second kappa shape index (κ2) is 5.45. The number of nitrogen functional groups attached to an aromatic ring is 1. The van der Waals surface area contributed by atoms with E-state index in [0.29, 0.717) is 11.3 Å². The lowest BCUT2D eigenvalue weighted by molar-refractivity contribution is 1.02. The molecule has 2 aromatic rings. The van der Waals surface area contributed by atoms with Gasteiger partial charge in [0, 0.05) is 17.9 Å². The third-order valence-corrected chi connectivity index (χ3v) is 3.10. The highest BCUT2D eigenvalue weighted by atomic mass is 15.1. The highest BCUT2D eigenvalue weighted by molar-refractivity contribution is 5.70. The lowest BCUT2D eigenvalue weighted by Crippen LogP contribution is -2.16. The molecule has 3 heteroatoms. The van der Waals surface area contributed by atoms with Gasteiger partial charge in [-0.2, -0.15) is 5.26 Å². The summed E-state index contributed by atoms with van der Waals surface area (Å²) < 4.78 is 0. The number of hydrogen-bond donors (Lipinski definition) is 1. The van der Waals surface area contributed by atoms with Crippen molar-refractivity contribution in [1.82, 2.24) is 0 Å². The first kappa shape index (κ1) is 13.0. The summed E-state index contributed by atoms with van der Waals surface area (Å²) in [5.41, 5.74) is 10.3. The quantitative estimate of drug-likeness (QED) is 0.848. The summed E-state index contributed by atoms with van der Waals surface area (Å²) in [6.07, 6.45) is 0. The van der Waals surface area contributed by atoms with Crippen molar-refractivity contribution >= 4 is 17.1 Å². The zero-order valence-electron chi connectivity index (χ0n) is 11.2. The van der Waals surface area contributed by atoms with Crippen molar-refractivity contribution in [2.24, 2.45) is 0 Å². The van der Waals surface area contributed by atoms with Crippen LogP contribution in [0, 0.1) is 18.3 Å². The van der Waals surface area contributed by atoms with Crippen LogP contribution in [-0.4, -0.2) is 6.54 Å². The van der Waals surface area contributed by atoms with E-state index in [9.17, 15) is 0 Å². The number of anilines is 3. The number of rotatable bonds is 3. The molecule has 0 aromatic heterocycles. The minimum Gasteiger partial charge on any atom is -0.398 e. The van der Waals surface area contributed by atoms with Crippen LogP contribution < -0.4 is 10.6 Å². The molecule has 96 valence electrons. The monoisotopic (exact) mass is 251 g/mol. The third-order valence-electron chi connectivity index (χ3n) is 3.10. The maximum absolute atomic E-state index is 8.91. The van der Waals surface area contributed by atoms with Crippen LogP contribution >= 0.6 is 0 Å². The number of hydrogen-bond acceptors (Lipinski definition) is 3. The molecular weight excluding hydrogens is 234 g/mol. The van der Waals surface area contributed by atoms with E-state index in [1.165, 1.54) is 5.56 Å². The number of nitrogens with two attached hydrogens (primary N) is 1. The second-order valence-electron chi connectivity index (χ2n) is 4.47. The van der Waals surface area contributed by atoms with E-state index >= 15 is 0 Å².